The van der Waals surface area contributed by atoms with Crippen LogP contribution in [0, 0.1) is 0 Å². The molecule has 0 fully saturated rings. The number of nitrogens with zero attached hydrogens (tertiary/aromatic N) is 1. The van der Waals surface area contributed by atoms with Crippen molar-refractivity contribution in [3.05, 3.63) is 66.0 Å². The summed E-state index contributed by atoms with van der Waals surface area (Å²) in [4.78, 5) is 4.01. The van der Waals surface area contributed by atoms with Crippen molar-refractivity contribution in [1.82, 2.24) is 4.98 Å². The Labute approximate surface area is 103 Å². The van der Waals surface area contributed by atoms with Gasteiger partial charge in [-0.2, -0.15) is 0 Å². The first-order valence-electron chi connectivity index (χ1n) is 6.03. The number of benzene rings is 1. The van der Waals surface area contributed by atoms with Crippen molar-refractivity contribution < 1.29 is 0 Å². The number of aromatic nitrogens is 1. The van der Waals surface area contributed by atoms with E-state index in [1.807, 2.05) is 30.6 Å². The zero-order valence-corrected chi connectivity index (χ0v) is 9.92. The second kappa shape index (κ2) is 6.16. The van der Waals surface area contributed by atoms with Crippen LogP contribution in [0.25, 0.3) is 0 Å². The van der Waals surface area contributed by atoms with Gasteiger partial charge in [0.15, 0.2) is 0 Å². The largest absolute Gasteiger partial charge is 0.327 e. The van der Waals surface area contributed by atoms with Gasteiger partial charge in [-0.1, -0.05) is 30.3 Å². The fraction of sp³-hybridized carbons (Fsp3) is 0.267. The summed E-state index contributed by atoms with van der Waals surface area (Å²) in [6.07, 6.45) is 6.63. The molecule has 0 radical (unpaired) electrons. The van der Waals surface area contributed by atoms with Crippen LogP contribution in [0.3, 0.4) is 0 Å². The third-order valence-corrected chi connectivity index (χ3v) is 2.89. The Morgan fingerprint density at radius 1 is 0.941 bits per heavy atom. The fourth-order valence-corrected chi connectivity index (χ4v) is 1.92. The molecule has 0 aliphatic rings. The third-order valence-electron chi connectivity index (χ3n) is 2.89. The maximum Gasteiger partial charge on any atom is 0.0270 e. The van der Waals surface area contributed by atoms with E-state index >= 15 is 0 Å². The third kappa shape index (κ3) is 4.00. The molecule has 0 amide bonds. The number of nitrogens with two attached hydrogens (primary N) is 1. The Bertz CT molecular complexity index is 425. The van der Waals surface area contributed by atoms with Crippen molar-refractivity contribution in [2.45, 2.75) is 25.3 Å². The first-order chi connectivity index (χ1) is 8.34. The minimum atomic E-state index is 0.220. The summed E-state index contributed by atoms with van der Waals surface area (Å²) in [5.74, 6) is 0. The van der Waals surface area contributed by atoms with Gasteiger partial charge in [0.25, 0.3) is 0 Å². The molecule has 2 rings (SSSR count). The first-order valence-corrected chi connectivity index (χ1v) is 6.03. The molecule has 1 aromatic heterocycles. The number of hydrogen-bond donors (Lipinski definition) is 1. The Hall–Kier alpha value is -1.67. The lowest BCUT2D eigenvalue weighted by Crippen LogP contribution is -2.23. The van der Waals surface area contributed by atoms with E-state index in [2.05, 4.69) is 29.2 Å². The highest BCUT2D eigenvalue weighted by atomic mass is 14.6. The smallest absolute Gasteiger partial charge is 0.0270 e. The number of hydrogen-bond acceptors (Lipinski definition) is 2. The molecule has 17 heavy (non-hydrogen) atoms. The molecule has 2 heteroatoms. The molecule has 2 aromatic rings. The molecule has 0 saturated carbocycles. The molecule has 0 aliphatic carbocycles. The summed E-state index contributed by atoms with van der Waals surface area (Å²) >= 11 is 0. The van der Waals surface area contributed by atoms with Gasteiger partial charge in [-0.3, -0.25) is 4.98 Å². The Kier molecular flexibility index (Phi) is 4.28. The lowest BCUT2D eigenvalue weighted by atomic mass is 10.0. The molecule has 1 heterocycles. The molecule has 0 aliphatic heterocycles. The molecule has 1 atom stereocenters. The van der Waals surface area contributed by atoms with E-state index in [-0.39, 0.29) is 6.04 Å². The summed E-state index contributed by atoms with van der Waals surface area (Å²) in [5.41, 5.74) is 8.76. The van der Waals surface area contributed by atoms with E-state index in [4.69, 9.17) is 5.73 Å². The van der Waals surface area contributed by atoms with Gasteiger partial charge in [-0.15, -0.1) is 0 Å². The molecule has 0 saturated heterocycles. The molecule has 0 bridgehead atoms. The zero-order chi connectivity index (χ0) is 11.9. The topological polar surface area (TPSA) is 38.9 Å². The van der Waals surface area contributed by atoms with Crippen LogP contribution in [-0.4, -0.2) is 11.0 Å². The van der Waals surface area contributed by atoms with Crippen LogP contribution in [0.5, 0.6) is 0 Å². The van der Waals surface area contributed by atoms with Crippen molar-refractivity contribution in [2.24, 2.45) is 5.73 Å². The van der Waals surface area contributed by atoms with Gasteiger partial charge in [0.1, 0.15) is 0 Å². The zero-order valence-electron chi connectivity index (χ0n) is 9.92. The Balaban J connectivity index is 1.80. The standard InChI is InChI=1S/C15H18N2/c16-15(12-14-8-10-17-11-9-14)7-6-13-4-2-1-3-5-13/h1-5,8-11,15H,6-7,12,16H2. The van der Waals surface area contributed by atoms with E-state index in [0.29, 0.717) is 0 Å². The van der Waals surface area contributed by atoms with Crippen molar-refractivity contribution in [3.8, 4) is 0 Å². The van der Waals surface area contributed by atoms with E-state index in [9.17, 15) is 0 Å². The summed E-state index contributed by atoms with van der Waals surface area (Å²) in [5, 5.41) is 0. The average molecular weight is 226 g/mol. The molecule has 88 valence electrons. The van der Waals surface area contributed by atoms with Gasteiger partial charge in [-0.25, -0.2) is 0 Å². The van der Waals surface area contributed by atoms with Gasteiger partial charge in [0.2, 0.25) is 0 Å². The minimum Gasteiger partial charge on any atom is -0.327 e. The van der Waals surface area contributed by atoms with Gasteiger partial charge >= 0.3 is 0 Å². The SMILES string of the molecule is NC(CCc1ccccc1)Cc1ccncc1. The Morgan fingerprint density at radius 3 is 2.35 bits per heavy atom. The lowest BCUT2D eigenvalue weighted by Gasteiger charge is -2.11. The van der Waals surface area contributed by atoms with Crippen molar-refractivity contribution in [3.63, 3.8) is 0 Å². The predicted octanol–water partition coefficient (Wildman–Crippen LogP) is 2.58. The molecule has 1 unspecified atom stereocenters. The fourth-order valence-electron chi connectivity index (χ4n) is 1.92. The molecule has 2 N–H and O–H groups in total. The van der Waals surface area contributed by atoms with Gasteiger partial charge < -0.3 is 5.73 Å². The maximum atomic E-state index is 6.13. The monoisotopic (exact) mass is 226 g/mol. The highest BCUT2D eigenvalue weighted by molar-refractivity contribution is 5.15. The quantitative estimate of drug-likeness (QED) is 0.851. The van der Waals surface area contributed by atoms with Crippen molar-refractivity contribution in [2.75, 3.05) is 0 Å². The maximum absolute atomic E-state index is 6.13. The van der Waals surface area contributed by atoms with Crippen LogP contribution < -0.4 is 5.73 Å². The molecule has 2 nitrogen and oxygen atoms in total. The minimum absolute atomic E-state index is 0.220. The van der Waals surface area contributed by atoms with Crippen LogP contribution in [0.4, 0.5) is 0 Å². The van der Waals surface area contributed by atoms with E-state index < -0.39 is 0 Å². The second-order valence-corrected chi connectivity index (χ2v) is 4.34. The average Bonchev–Trinajstić information content (AvgIpc) is 2.39. The van der Waals surface area contributed by atoms with Crippen molar-refractivity contribution >= 4 is 0 Å². The second-order valence-electron chi connectivity index (χ2n) is 4.34. The van der Waals surface area contributed by atoms with Crippen LogP contribution in [0.15, 0.2) is 54.9 Å². The lowest BCUT2D eigenvalue weighted by molar-refractivity contribution is 0.610. The number of aryl methyl sites for hydroxylation is 1. The van der Waals surface area contributed by atoms with E-state index in [1.54, 1.807) is 0 Å². The van der Waals surface area contributed by atoms with Crippen LogP contribution in [-0.2, 0) is 12.8 Å². The van der Waals surface area contributed by atoms with Crippen LogP contribution in [0.1, 0.15) is 17.5 Å². The van der Waals surface area contributed by atoms with Crippen LogP contribution >= 0.6 is 0 Å². The predicted molar refractivity (Wildman–Crippen MR) is 70.7 cm³/mol. The molecular weight excluding hydrogens is 208 g/mol. The molecular formula is C15H18N2. The van der Waals surface area contributed by atoms with E-state index in [0.717, 1.165) is 19.3 Å². The highest BCUT2D eigenvalue weighted by Gasteiger charge is 2.04. The molecule has 0 spiro atoms. The number of pyridine rings is 1. The van der Waals surface area contributed by atoms with Gasteiger partial charge in [0.05, 0.1) is 0 Å². The normalized spacial score (nSPS) is 12.3. The van der Waals surface area contributed by atoms with Gasteiger partial charge in [-0.05, 0) is 42.5 Å². The first kappa shape index (κ1) is 11.8. The van der Waals surface area contributed by atoms with Crippen LogP contribution in [0.2, 0.25) is 0 Å². The highest BCUT2D eigenvalue weighted by Crippen LogP contribution is 2.07. The summed E-state index contributed by atoms with van der Waals surface area (Å²) < 4.78 is 0. The summed E-state index contributed by atoms with van der Waals surface area (Å²) in [6, 6.07) is 14.8. The van der Waals surface area contributed by atoms with E-state index in [1.165, 1.54) is 11.1 Å². The van der Waals surface area contributed by atoms with Gasteiger partial charge in [0, 0.05) is 18.4 Å². The Morgan fingerprint density at radius 2 is 1.65 bits per heavy atom. The number of rotatable bonds is 5. The molecule has 1 aromatic carbocycles. The summed E-state index contributed by atoms with van der Waals surface area (Å²) in [7, 11) is 0. The van der Waals surface area contributed by atoms with Crippen molar-refractivity contribution in [1.29, 1.82) is 0 Å². The summed E-state index contributed by atoms with van der Waals surface area (Å²) in [6.45, 7) is 0.